The van der Waals surface area contributed by atoms with Gasteiger partial charge in [-0.1, -0.05) is 23.7 Å². The number of urea groups is 1. The van der Waals surface area contributed by atoms with Gasteiger partial charge in [0.25, 0.3) is 5.91 Å². The zero-order valence-electron chi connectivity index (χ0n) is 19.9. The van der Waals surface area contributed by atoms with Gasteiger partial charge in [0.05, 0.1) is 13.7 Å². The van der Waals surface area contributed by atoms with Gasteiger partial charge in [-0.15, -0.1) is 0 Å². The highest BCUT2D eigenvalue weighted by Gasteiger charge is 2.48. The van der Waals surface area contributed by atoms with Gasteiger partial charge in [-0.3, -0.25) is 15.0 Å². The van der Waals surface area contributed by atoms with Crippen molar-refractivity contribution in [1.29, 1.82) is 0 Å². The summed E-state index contributed by atoms with van der Waals surface area (Å²) in [5, 5.41) is 3.11. The second kappa shape index (κ2) is 9.75. The molecule has 5 rings (SSSR count). The number of piperazine rings is 1. The number of amidine groups is 1. The van der Waals surface area contributed by atoms with E-state index in [4.69, 9.17) is 21.3 Å². The minimum Gasteiger partial charge on any atom is -0.497 e. The molecule has 35 heavy (non-hydrogen) atoms. The van der Waals surface area contributed by atoms with Crippen molar-refractivity contribution in [1.82, 2.24) is 20.0 Å². The average Bonchev–Trinajstić information content (AvgIpc) is 3.21. The summed E-state index contributed by atoms with van der Waals surface area (Å²) in [5.41, 5.74) is 2.16. The second-order valence-corrected chi connectivity index (χ2v) is 9.46. The summed E-state index contributed by atoms with van der Waals surface area (Å²) < 4.78 is 5.26. The predicted octanol–water partition coefficient (Wildman–Crippen LogP) is 2.26. The molecule has 3 aliphatic rings. The van der Waals surface area contributed by atoms with Crippen LogP contribution in [-0.2, 0) is 11.3 Å². The molecule has 0 aromatic heterocycles. The smallest absolute Gasteiger partial charge is 0.325 e. The molecule has 10 heteroatoms. The van der Waals surface area contributed by atoms with Crippen molar-refractivity contribution < 1.29 is 14.3 Å². The molecular weight excluding hydrogens is 468 g/mol. The minimum absolute atomic E-state index is 0.316. The van der Waals surface area contributed by atoms with E-state index < -0.39 is 18.2 Å². The number of aliphatic imine (C=N–C) groups is 1. The van der Waals surface area contributed by atoms with Crippen LogP contribution in [-0.4, -0.2) is 91.6 Å². The third kappa shape index (κ3) is 4.78. The zero-order valence-corrected chi connectivity index (χ0v) is 20.6. The molecule has 3 amide bonds. The van der Waals surface area contributed by atoms with Gasteiger partial charge in [0.2, 0.25) is 0 Å². The number of hydrogen-bond acceptors (Lipinski definition) is 7. The van der Waals surface area contributed by atoms with Crippen molar-refractivity contribution in [2.45, 2.75) is 18.8 Å². The molecule has 2 unspecified atom stereocenters. The number of halogens is 1. The molecule has 2 aromatic carbocycles. The largest absolute Gasteiger partial charge is 0.497 e. The first-order valence-electron chi connectivity index (χ1n) is 11.7. The molecule has 184 valence electrons. The summed E-state index contributed by atoms with van der Waals surface area (Å²) in [6, 6.07) is 14.8. The molecule has 1 N–H and O–H groups in total. The fourth-order valence-corrected chi connectivity index (χ4v) is 5.11. The molecule has 9 nitrogen and oxygen atoms in total. The van der Waals surface area contributed by atoms with Gasteiger partial charge in [-0.05, 0) is 42.0 Å². The SMILES string of the molecule is COc1ccc(N2CCN(CC3=NC4C(C(=O)NC(=O)N4C)N3Cc3cccc(Cl)c3)CC2)cc1. The molecule has 0 bridgehead atoms. The Balaban J connectivity index is 1.31. The predicted molar refractivity (Wildman–Crippen MR) is 135 cm³/mol. The Morgan fingerprint density at radius 1 is 1.06 bits per heavy atom. The number of fused-ring (bicyclic) bond motifs is 1. The number of ether oxygens (including phenoxy) is 1. The fraction of sp³-hybridized carbons (Fsp3) is 0.400. The van der Waals surface area contributed by atoms with E-state index in [0.29, 0.717) is 18.1 Å². The van der Waals surface area contributed by atoms with Crippen LogP contribution in [0.5, 0.6) is 5.75 Å². The van der Waals surface area contributed by atoms with Gasteiger partial charge in [-0.25, -0.2) is 9.79 Å². The van der Waals surface area contributed by atoms with Gasteiger partial charge in [0.1, 0.15) is 11.6 Å². The number of imide groups is 1. The van der Waals surface area contributed by atoms with Crippen molar-refractivity contribution in [2.75, 3.05) is 51.8 Å². The molecule has 2 atom stereocenters. The fourth-order valence-electron chi connectivity index (χ4n) is 4.89. The summed E-state index contributed by atoms with van der Waals surface area (Å²) in [6.45, 7) is 4.61. The maximum absolute atomic E-state index is 12.9. The Morgan fingerprint density at radius 2 is 1.80 bits per heavy atom. The molecule has 0 radical (unpaired) electrons. The third-order valence-electron chi connectivity index (χ3n) is 6.86. The average molecular weight is 497 g/mol. The first-order valence-corrected chi connectivity index (χ1v) is 12.1. The number of likely N-dealkylation sites (N-methyl/N-ethyl adjacent to an activating group) is 1. The number of anilines is 1. The van der Waals surface area contributed by atoms with Crippen LogP contribution in [0.4, 0.5) is 10.5 Å². The van der Waals surface area contributed by atoms with E-state index >= 15 is 0 Å². The molecule has 0 spiro atoms. The van der Waals surface area contributed by atoms with E-state index in [9.17, 15) is 9.59 Å². The van der Waals surface area contributed by atoms with E-state index in [0.717, 1.165) is 43.3 Å². The number of hydrogen-bond donors (Lipinski definition) is 1. The number of nitrogens with one attached hydrogen (secondary N) is 1. The van der Waals surface area contributed by atoms with Crippen LogP contribution in [0.1, 0.15) is 5.56 Å². The Hall–Kier alpha value is -3.30. The Bertz CT molecular complexity index is 1130. The quantitative estimate of drug-likeness (QED) is 0.661. The summed E-state index contributed by atoms with van der Waals surface area (Å²) in [6.07, 6.45) is -0.536. The van der Waals surface area contributed by atoms with Crippen LogP contribution >= 0.6 is 11.6 Å². The molecule has 2 aromatic rings. The maximum Gasteiger partial charge on any atom is 0.325 e. The second-order valence-electron chi connectivity index (χ2n) is 9.03. The highest BCUT2D eigenvalue weighted by molar-refractivity contribution is 6.30. The van der Waals surface area contributed by atoms with Crippen molar-refractivity contribution in [3.05, 3.63) is 59.1 Å². The molecule has 3 heterocycles. The third-order valence-corrected chi connectivity index (χ3v) is 7.10. The Morgan fingerprint density at radius 3 is 2.49 bits per heavy atom. The minimum atomic E-state index is -0.563. The van der Waals surface area contributed by atoms with Crippen molar-refractivity contribution in [3.63, 3.8) is 0 Å². The first-order chi connectivity index (χ1) is 16.9. The molecule has 0 saturated carbocycles. The lowest BCUT2D eigenvalue weighted by Gasteiger charge is -2.38. The molecular formula is C25H29ClN6O3. The normalized spacial score (nSPS) is 22.7. The molecule has 0 aliphatic carbocycles. The highest BCUT2D eigenvalue weighted by Crippen LogP contribution is 2.27. The molecule has 3 aliphatic heterocycles. The van der Waals surface area contributed by atoms with E-state index in [1.54, 1.807) is 14.2 Å². The zero-order chi connectivity index (χ0) is 24.5. The van der Waals surface area contributed by atoms with Gasteiger partial charge in [-0.2, -0.15) is 0 Å². The number of methoxy groups -OCH3 is 1. The number of carbonyl (C=O) groups is 2. The van der Waals surface area contributed by atoms with Crippen molar-refractivity contribution in [3.8, 4) is 5.75 Å². The number of benzene rings is 2. The summed E-state index contributed by atoms with van der Waals surface area (Å²) in [5.74, 6) is 1.35. The number of rotatable bonds is 6. The Labute approximate surface area is 209 Å². The maximum atomic E-state index is 12.9. The van der Waals surface area contributed by atoms with Crippen molar-refractivity contribution in [2.24, 2.45) is 4.99 Å². The number of carbonyl (C=O) groups excluding carboxylic acids is 2. The Kier molecular flexibility index (Phi) is 6.53. The molecule has 2 fully saturated rings. The van der Waals surface area contributed by atoms with E-state index in [1.165, 1.54) is 10.6 Å². The van der Waals surface area contributed by atoms with E-state index in [2.05, 4.69) is 27.2 Å². The molecule has 2 saturated heterocycles. The monoisotopic (exact) mass is 496 g/mol. The van der Waals surface area contributed by atoms with E-state index in [1.807, 2.05) is 41.3 Å². The lowest BCUT2D eigenvalue weighted by Crippen LogP contribution is -2.63. The lowest BCUT2D eigenvalue weighted by atomic mass is 10.1. The summed E-state index contributed by atoms with van der Waals surface area (Å²) >= 11 is 6.21. The summed E-state index contributed by atoms with van der Waals surface area (Å²) in [4.78, 5) is 38.2. The van der Waals surface area contributed by atoms with Gasteiger partial charge in [0.15, 0.2) is 12.2 Å². The van der Waals surface area contributed by atoms with Gasteiger partial charge >= 0.3 is 6.03 Å². The van der Waals surface area contributed by atoms with E-state index in [-0.39, 0.29) is 5.91 Å². The lowest BCUT2D eigenvalue weighted by molar-refractivity contribution is -0.127. The van der Waals surface area contributed by atoms with Gasteiger partial charge < -0.3 is 19.4 Å². The topological polar surface area (TPSA) is 80.7 Å². The van der Waals surface area contributed by atoms with Crippen LogP contribution in [0.15, 0.2) is 53.5 Å². The van der Waals surface area contributed by atoms with Crippen LogP contribution in [0.25, 0.3) is 0 Å². The van der Waals surface area contributed by atoms with Crippen LogP contribution in [0.2, 0.25) is 5.02 Å². The number of amides is 3. The standard InChI is InChI=1S/C25H29ClN6O3/c1-29-23-22(24(33)28-25(29)34)32(15-17-4-3-5-18(26)14-17)21(27-23)16-30-10-12-31(13-11-30)19-6-8-20(35-2)9-7-19/h3-9,14,22-23H,10-13,15-16H2,1-2H3,(H,28,33,34). The van der Waals surface area contributed by atoms with Crippen LogP contribution < -0.4 is 15.0 Å². The number of nitrogens with zero attached hydrogens (tertiary/aromatic N) is 5. The van der Waals surface area contributed by atoms with Gasteiger partial charge in [0, 0.05) is 50.5 Å². The van der Waals surface area contributed by atoms with Crippen molar-refractivity contribution >= 4 is 35.1 Å². The van der Waals surface area contributed by atoms with Crippen LogP contribution in [0, 0.1) is 0 Å². The highest BCUT2D eigenvalue weighted by atomic mass is 35.5. The van der Waals surface area contributed by atoms with Crippen LogP contribution in [0.3, 0.4) is 0 Å². The first kappa shape index (κ1) is 23.4. The summed E-state index contributed by atoms with van der Waals surface area (Å²) in [7, 11) is 3.35.